The van der Waals surface area contributed by atoms with Crippen molar-refractivity contribution in [2.75, 3.05) is 45.7 Å². The number of H-pyrrole nitrogens is 1. The fraction of sp³-hybridized carbons (Fsp3) is 0.579. The van der Waals surface area contributed by atoms with Gasteiger partial charge in [-0.2, -0.15) is 0 Å². The second-order valence-electron chi connectivity index (χ2n) is 6.68. The molecule has 1 fully saturated rings. The van der Waals surface area contributed by atoms with Crippen molar-refractivity contribution in [1.29, 1.82) is 0 Å². The Morgan fingerprint density at radius 3 is 2.50 bits per heavy atom. The molecule has 1 saturated heterocycles. The van der Waals surface area contributed by atoms with Gasteiger partial charge < -0.3 is 24.7 Å². The fourth-order valence-corrected chi connectivity index (χ4v) is 3.69. The van der Waals surface area contributed by atoms with Gasteiger partial charge in [0.1, 0.15) is 5.82 Å². The van der Waals surface area contributed by atoms with Crippen LogP contribution in [0.1, 0.15) is 32.1 Å². The molecule has 142 valence electrons. The van der Waals surface area contributed by atoms with Gasteiger partial charge in [-0.25, -0.2) is 4.98 Å². The van der Waals surface area contributed by atoms with Gasteiger partial charge in [-0.15, -0.1) is 0 Å². The van der Waals surface area contributed by atoms with Crippen molar-refractivity contribution in [1.82, 2.24) is 14.9 Å². The number of likely N-dealkylation sites (tertiary alicyclic amines) is 1. The van der Waals surface area contributed by atoms with Gasteiger partial charge in [0.15, 0.2) is 16.3 Å². The largest absolute Gasteiger partial charge is 0.493 e. The maximum Gasteiger partial charge on any atom is 0.199 e. The number of methoxy groups -OCH3 is 2. The molecule has 7 heteroatoms. The molecule has 0 atom stereocenters. The van der Waals surface area contributed by atoms with Gasteiger partial charge in [0.2, 0.25) is 0 Å². The number of ether oxygens (including phenoxy) is 2. The molecule has 0 aliphatic carbocycles. The number of nitrogens with zero attached hydrogens (tertiary/aromatic N) is 2. The highest BCUT2D eigenvalue weighted by Gasteiger charge is 2.12. The standard InChI is InChI=1S/C19H28N4O2S/c1-24-16-12-14-15(13-17(16)25-2)21-19(26)22-18(14)20-8-7-11-23-9-5-3-4-6-10-23/h12-13H,3-11H2,1-2H3,(H2,20,21,22,26). The van der Waals surface area contributed by atoms with Crippen LogP contribution in [0.4, 0.5) is 5.82 Å². The lowest BCUT2D eigenvalue weighted by Gasteiger charge is -2.19. The molecule has 1 aromatic carbocycles. The average Bonchev–Trinajstić information content (AvgIpc) is 2.92. The molecule has 1 aliphatic heterocycles. The van der Waals surface area contributed by atoms with Crippen LogP contribution >= 0.6 is 12.2 Å². The van der Waals surface area contributed by atoms with E-state index in [1.54, 1.807) is 14.2 Å². The Morgan fingerprint density at radius 2 is 1.81 bits per heavy atom. The zero-order chi connectivity index (χ0) is 18.4. The maximum absolute atomic E-state index is 5.42. The molecule has 0 amide bonds. The first-order valence-electron chi connectivity index (χ1n) is 9.33. The smallest absolute Gasteiger partial charge is 0.199 e. The van der Waals surface area contributed by atoms with Crippen molar-refractivity contribution >= 4 is 28.9 Å². The summed E-state index contributed by atoms with van der Waals surface area (Å²) in [5.74, 6) is 2.14. The summed E-state index contributed by atoms with van der Waals surface area (Å²) in [6.07, 6.45) is 6.49. The van der Waals surface area contributed by atoms with Crippen molar-refractivity contribution in [3.63, 3.8) is 0 Å². The predicted molar refractivity (Wildman–Crippen MR) is 108 cm³/mol. The molecule has 1 aliphatic rings. The molecule has 0 spiro atoms. The van der Waals surface area contributed by atoms with Crippen LogP contribution in [-0.4, -0.2) is 55.3 Å². The zero-order valence-corrected chi connectivity index (χ0v) is 16.5. The minimum Gasteiger partial charge on any atom is -0.493 e. The van der Waals surface area contributed by atoms with Crippen molar-refractivity contribution in [2.24, 2.45) is 0 Å². The molecule has 2 heterocycles. The van der Waals surface area contributed by atoms with E-state index in [0.717, 1.165) is 36.2 Å². The minimum atomic E-state index is 0.458. The maximum atomic E-state index is 5.42. The molecule has 26 heavy (non-hydrogen) atoms. The summed E-state index contributed by atoms with van der Waals surface area (Å²) in [6.45, 7) is 4.46. The van der Waals surface area contributed by atoms with Gasteiger partial charge in [0, 0.05) is 18.0 Å². The van der Waals surface area contributed by atoms with E-state index in [-0.39, 0.29) is 0 Å². The summed E-state index contributed by atoms with van der Waals surface area (Å²) in [5.41, 5.74) is 0.887. The minimum absolute atomic E-state index is 0.458. The molecule has 2 N–H and O–H groups in total. The van der Waals surface area contributed by atoms with Gasteiger partial charge in [0.25, 0.3) is 0 Å². The molecule has 0 bridgehead atoms. The topological polar surface area (TPSA) is 62.4 Å². The number of benzene rings is 1. The third-order valence-electron chi connectivity index (χ3n) is 4.88. The van der Waals surface area contributed by atoms with Crippen molar-refractivity contribution in [3.05, 3.63) is 16.9 Å². The van der Waals surface area contributed by atoms with Crippen LogP contribution in [0.25, 0.3) is 10.9 Å². The van der Waals surface area contributed by atoms with Crippen molar-refractivity contribution < 1.29 is 9.47 Å². The summed E-state index contributed by atoms with van der Waals surface area (Å²) < 4.78 is 11.3. The van der Waals surface area contributed by atoms with E-state index in [2.05, 4.69) is 20.2 Å². The van der Waals surface area contributed by atoms with Crippen LogP contribution in [0.3, 0.4) is 0 Å². The fourth-order valence-electron chi connectivity index (χ4n) is 3.49. The van der Waals surface area contributed by atoms with E-state index < -0.39 is 0 Å². The van der Waals surface area contributed by atoms with Crippen LogP contribution in [0.2, 0.25) is 0 Å². The number of aromatic nitrogens is 2. The number of nitrogens with one attached hydrogen (secondary N) is 2. The zero-order valence-electron chi connectivity index (χ0n) is 15.6. The lowest BCUT2D eigenvalue weighted by atomic mass is 10.2. The van der Waals surface area contributed by atoms with Crippen molar-refractivity contribution in [2.45, 2.75) is 32.1 Å². The van der Waals surface area contributed by atoms with Crippen molar-refractivity contribution in [3.8, 4) is 11.5 Å². The van der Waals surface area contributed by atoms with Crippen LogP contribution < -0.4 is 14.8 Å². The number of hydrogen-bond donors (Lipinski definition) is 2. The van der Waals surface area contributed by atoms with Crippen LogP contribution in [0.5, 0.6) is 11.5 Å². The molecular weight excluding hydrogens is 348 g/mol. The summed E-state index contributed by atoms with van der Waals surface area (Å²) >= 11 is 5.28. The van der Waals surface area contributed by atoms with E-state index in [1.165, 1.54) is 38.8 Å². The Hall–Kier alpha value is -1.86. The molecule has 0 unspecified atom stereocenters. The average molecular weight is 377 g/mol. The highest BCUT2D eigenvalue weighted by molar-refractivity contribution is 7.71. The van der Waals surface area contributed by atoms with Crippen LogP contribution in [0, 0.1) is 4.77 Å². The highest BCUT2D eigenvalue weighted by atomic mass is 32.1. The number of aromatic amines is 1. The first kappa shape index (κ1) is 18.9. The van der Waals surface area contributed by atoms with Crippen LogP contribution in [-0.2, 0) is 0 Å². The number of rotatable bonds is 7. The third-order valence-corrected chi connectivity index (χ3v) is 5.07. The molecular formula is C19H28N4O2S. The number of hydrogen-bond acceptors (Lipinski definition) is 6. The van der Waals surface area contributed by atoms with Crippen LogP contribution in [0.15, 0.2) is 12.1 Å². The first-order chi connectivity index (χ1) is 12.7. The number of fused-ring (bicyclic) bond motifs is 1. The molecule has 0 radical (unpaired) electrons. The SMILES string of the molecule is COc1cc2[nH]c(=S)nc(NCCCN3CCCCCC3)c2cc1OC. The lowest BCUT2D eigenvalue weighted by molar-refractivity contribution is 0.284. The van der Waals surface area contributed by atoms with E-state index in [0.29, 0.717) is 16.3 Å². The highest BCUT2D eigenvalue weighted by Crippen LogP contribution is 2.33. The Morgan fingerprint density at radius 1 is 1.12 bits per heavy atom. The summed E-state index contributed by atoms with van der Waals surface area (Å²) in [7, 11) is 3.26. The van der Waals surface area contributed by atoms with Gasteiger partial charge in [-0.1, -0.05) is 12.8 Å². The van der Waals surface area contributed by atoms with E-state index in [4.69, 9.17) is 21.7 Å². The van der Waals surface area contributed by atoms with Gasteiger partial charge >= 0.3 is 0 Å². The normalized spacial score (nSPS) is 15.6. The molecule has 0 saturated carbocycles. The first-order valence-corrected chi connectivity index (χ1v) is 9.74. The summed E-state index contributed by atoms with van der Waals surface area (Å²) in [6, 6.07) is 3.83. The summed E-state index contributed by atoms with van der Waals surface area (Å²) in [5, 5.41) is 4.40. The van der Waals surface area contributed by atoms with E-state index in [1.807, 2.05) is 12.1 Å². The van der Waals surface area contributed by atoms with E-state index in [9.17, 15) is 0 Å². The second kappa shape index (κ2) is 9.19. The Balaban J connectivity index is 1.69. The van der Waals surface area contributed by atoms with E-state index >= 15 is 0 Å². The molecule has 6 nitrogen and oxygen atoms in total. The Kier molecular flexibility index (Phi) is 6.68. The van der Waals surface area contributed by atoms with Gasteiger partial charge in [-0.05, 0) is 57.2 Å². The summed E-state index contributed by atoms with van der Waals surface area (Å²) in [4.78, 5) is 10.2. The third kappa shape index (κ3) is 4.65. The quantitative estimate of drug-likeness (QED) is 0.563. The lowest BCUT2D eigenvalue weighted by Crippen LogP contribution is -2.27. The number of anilines is 1. The van der Waals surface area contributed by atoms with Gasteiger partial charge in [-0.3, -0.25) is 0 Å². The molecule has 2 aromatic rings. The molecule has 3 rings (SSSR count). The van der Waals surface area contributed by atoms with Gasteiger partial charge in [0.05, 0.1) is 19.7 Å². The molecule has 1 aromatic heterocycles. The Labute approximate surface area is 159 Å². The Bertz CT molecular complexity index is 785. The predicted octanol–water partition coefficient (Wildman–Crippen LogP) is 3.99. The monoisotopic (exact) mass is 376 g/mol. The second-order valence-corrected chi connectivity index (χ2v) is 7.07.